The highest BCUT2D eigenvalue weighted by Crippen LogP contribution is 2.31. The minimum absolute atomic E-state index is 0.557. The molecule has 0 radical (unpaired) electrons. The highest BCUT2D eigenvalue weighted by atomic mass is 32.1. The van der Waals surface area contributed by atoms with Crippen LogP contribution in [0.2, 0.25) is 0 Å². The standard InChI is InChI=1S/C20H29N5S/c1-4-17-14-24-19(26-17)9-10-22-20(21-3)23-11-12-25-15(2)13-16-7-5-6-8-18(16)25/h5-8,14-15H,4,9-13H2,1-3H3,(H2,21,22,23). The van der Waals surface area contributed by atoms with Crippen molar-refractivity contribution in [1.29, 1.82) is 0 Å². The number of thiazole rings is 1. The summed E-state index contributed by atoms with van der Waals surface area (Å²) in [6, 6.07) is 9.28. The molecular formula is C20H29N5S. The van der Waals surface area contributed by atoms with E-state index in [4.69, 9.17) is 0 Å². The summed E-state index contributed by atoms with van der Waals surface area (Å²) in [6.07, 6.45) is 5.12. The molecule has 1 aromatic heterocycles. The lowest BCUT2D eigenvalue weighted by Gasteiger charge is -2.25. The van der Waals surface area contributed by atoms with Gasteiger partial charge in [-0.05, 0) is 31.4 Å². The van der Waals surface area contributed by atoms with Gasteiger partial charge in [-0.15, -0.1) is 11.3 Å². The van der Waals surface area contributed by atoms with Crippen LogP contribution in [-0.2, 0) is 19.3 Å². The van der Waals surface area contributed by atoms with Gasteiger partial charge in [0.1, 0.15) is 0 Å². The monoisotopic (exact) mass is 371 g/mol. The fourth-order valence-corrected chi connectivity index (χ4v) is 4.26. The number of para-hydroxylation sites is 1. The van der Waals surface area contributed by atoms with Crippen LogP contribution in [0.4, 0.5) is 5.69 Å². The van der Waals surface area contributed by atoms with Crippen molar-refractivity contribution in [3.8, 4) is 0 Å². The molecular weight excluding hydrogens is 342 g/mol. The number of hydrogen-bond acceptors (Lipinski definition) is 4. The quantitative estimate of drug-likeness (QED) is 0.580. The number of benzene rings is 1. The second-order valence-corrected chi connectivity index (χ2v) is 7.82. The van der Waals surface area contributed by atoms with E-state index in [2.05, 4.69) is 63.6 Å². The first-order valence-corrected chi connectivity index (χ1v) is 10.3. The van der Waals surface area contributed by atoms with Crippen molar-refractivity contribution >= 4 is 23.0 Å². The maximum absolute atomic E-state index is 4.47. The van der Waals surface area contributed by atoms with E-state index in [0.717, 1.165) is 44.9 Å². The van der Waals surface area contributed by atoms with Crippen LogP contribution in [0.15, 0.2) is 35.5 Å². The van der Waals surface area contributed by atoms with Crippen molar-refractivity contribution in [2.45, 2.75) is 39.2 Å². The van der Waals surface area contributed by atoms with Crippen LogP contribution in [0.1, 0.15) is 29.3 Å². The smallest absolute Gasteiger partial charge is 0.191 e. The zero-order chi connectivity index (χ0) is 18.4. The van der Waals surface area contributed by atoms with Gasteiger partial charge in [-0.25, -0.2) is 4.98 Å². The number of nitrogens with one attached hydrogen (secondary N) is 2. The summed E-state index contributed by atoms with van der Waals surface area (Å²) in [7, 11) is 1.82. The zero-order valence-corrected chi connectivity index (χ0v) is 16.8. The van der Waals surface area contributed by atoms with Crippen molar-refractivity contribution in [3.05, 3.63) is 45.9 Å². The number of fused-ring (bicyclic) bond motifs is 1. The molecule has 2 aromatic rings. The summed E-state index contributed by atoms with van der Waals surface area (Å²) >= 11 is 1.80. The Hall–Kier alpha value is -2.08. The maximum Gasteiger partial charge on any atom is 0.191 e. The molecule has 3 rings (SSSR count). The van der Waals surface area contributed by atoms with E-state index in [0.29, 0.717) is 6.04 Å². The summed E-state index contributed by atoms with van der Waals surface area (Å²) in [6.45, 7) is 7.16. The molecule has 2 N–H and O–H groups in total. The van der Waals surface area contributed by atoms with E-state index >= 15 is 0 Å². The SMILES string of the molecule is CCc1cnc(CCNC(=NC)NCCN2c3ccccc3CC2C)s1. The number of aromatic nitrogens is 1. The predicted octanol–water partition coefficient (Wildman–Crippen LogP) is 2.86. The van der Waals surface area contributed by atoms with Gasteiger partial charge in [0.2, 0.25) is 0 Å². The Bertz CT molecular complexity index is 739. The van der Waals surface area contributed by atoms with Crippen molar-refractivity contribution in [2.24, 2.45) is 4.99 Å². The first-order chi connectivity index (χ1) is 12.7. The molecule has 0 spiro atoms. The average Bonchev–Trinajstić information content (AvgIpc) is 3.24. The van der Waals surface area contributed by atoms with Gasteiger partial charge in [-0.1, -0.05) is 25.1 Å². The van der Waals surface area contributed by atoms with Crippen LogP contribution in [0.5, 0.6) is 0 Å². The fraction of sp³-hybridized carbons (Fsp3) is 0.500. The maximum atomic E-state index is 4.47. The minimum atomic E-state index is 0.557. The number of rotatable bonds is 7. The topological polar surface area (TPSA) is 52.6 Å². The molecule has 1 atom stereocenters. The molecule has 0 fully saturated rings. The molecule has 0 saturated carbocycles. The first kappa shape index (κ1) is 18.7. The Morgan fingerprint density at radius 2 is 2.12 bits per heavy atom. The number of aryl methyl sites for hydroxylation is 1. The third kappa shape index (κ3) is 4.55. The molecule has 0 bridgehead atoms. The number of anilines is 1. The van der Waals surface area contributed by atoms with E-state index in [1.54, 1.807) is 11.3 Å². The molecule has 5 nitrogen and oxygen atoms in total. The molecule has 26 heavy (non-hydrogen) atoms. The van der Waals surface area contributed by atoms with Crippen molar-refractivity contribution in [3.63, 3.8) is 0 Å². The summed E-state index contributed by atoms with van der Waals surface area (Å²) < 4.78 is 0. The highest BCUT2D eigenvalue weighted by molar-refractivity contribution is 7.11. The molecule has 1 aliphatic rings. The summed E-state index contributed by atoms with van der Waals surface area (Å²) in [5.41, 5.74) is 2.83. The third-order valence-electron chi connectivity index (χ3n) is 4.80. The lowest BCUT2D eigenvalue weighted by molar-refractivity contribution is 0.656. The van der Waals surface area contributed by atoms with Gasteiger partial charge < -0.3 is 15.5 Å². The molecule has 2 heterocycles. The van der Waals surface area contributed by atoms with Gasteiger partial charge in [0, 0.05) is 55.9 Å². The van der Waals surface area contributed by atoms with Crippen LogP contribution in [0, 0.1) is 0 Å². The van der Waals surface area contributed by atoms with Crippen molar-refractivity contribution in [1.82, 2.24) is 15.6 Å². The van der Waals surface area contributed by atoms with Crippen molar-refractivity contribution < 1.29 is 0 Å². The Labute approximate surface area is 160 Å². The van der Waals surface area contributed by atoms with E-state index in [1.165, 1.54) is 21.1 Å². The van der Waals surface area contributed by atoms with Crippen LogP contribution in [-0.4, -0.2) is 43.7 Å². The van der Waals surface area contributed by atoms with Gasteiger partial charge in [0.15, 0.2) is 5.96 Å². The van der Waals surface area contributed by atoms with Gasteiger partial charge in [0.05, 0.1) is 5.01 Å². The van der Waals surface area contributed by atoms with Gasteiger partial charge in [-0.2, -0.15) is 0 Å². The van der Waals surface area contributed by atoms with Gasteiger partial charge in [-0.3, -0.25) is 4.99 Å². The first-order valence-electron chi connectivity index (χ1n) is 9.44. The Morgan fingerprint density at radius 3 is 2.88 bits per heavy atom. The van der Waals surface area contributed by atoms with Crippen molar-refractivity contribution in [2.75, 3.05) is 31.6 Å². The largest absolute Gasteiger partial charge is 0.367 e. The zero-order valence-electron chi connectivity index (χ0n) is 16.0. The van der Waals surface area contributed by atoms with E-state index in [-0.39, 0.29) is 0 Å². The number of guanidine groups is 1. The second-order valence-electron chi connectivity index (χ2n) is 6.62. The molecule has 0 amide bonds. The third-order valence-corrected chi connectivity index (χ3v) is 6.00. The van der Waals surface area contributed by atoms with Crippen LogP contribution in [0.3, 0.4) is 0 Å². The van der Waals surface area contributed by atoms with E-state index in [9.17, 15) is 0 Å². The molecule has 1 aliphatic heterocycles. The number of hydrogen-bond donors (Lipinski definition) is 2. The molecule has 1 unspecified atom stereocenters. The average molecular weight is 372 g/mol. The van der Waals surface area contributed by atoms with E-state index in [1.807, 2.05) is 13.2 Å². The molecule has 0 saturated heterocycles. The minimum Gasteiger partial charge on any atom is -0.367 e. The molecule has 140 valence electrons. The van der Waals surface area contributed by atoms with Gasteiger partial charge in [0.25, 0.3) is 0 Å². The summed E-state index contributed by atoms with van der Waals surface area (Å²) in [4.78, 5) is 12.6. The number of aliphatic imine (C=N–C) groups is 1. The van der Waals surface area contributed by atoms with Gasteiger partial charge >= 0.3 is 0 Å². The molecule has 1 aromatic carbocycles. The Kier molecular flexibility index (Phi) is 6.50. The molecule has 6 heteroatoms. The number of nitrogens with zero attached hydrogens (tertiary/aromatic N) is 3. The highest BCUT2D eigenvalue weighted by Gasteiger charge is 2.24. The molecule has 0 aliphatic carbocycles. The fourth-order valence-electron chi connectivity index (χ4n) is 3.40. The summed E-state index contributed by atoms with van der Waals surface area (Å²) in [5.74, 6) is 0.859. The lowest BCUT2D eigenvalue weighted by Crippen LogP contribution is -2.43. The Balaban J connectivity index is 1.42. The van der Waals surface area contributed by atoms with Crippen LogP contribution >= 0.6 is 11.3 Å². The second kappa shape index (κ2) is 9.03. The normalized spacial score (nSPS) is 16.7. The predicted molar refractivity (Wildman–Crippen MR) is 112 cm³/mol. The lowest BCUT2D eigenvalue weighted by atomic mass is 10.1. The van der Waals surface area contributed by atoms with Crippen LogP contribution in [0.25, 0.3) is 0 Å². The van der Waals surface area contributed by atoms with Crippen LogP contribution < -0.4 is 15.5 Å². The van der Waals surface area contributed by atoms with E-state index < -0.39 is 0 Å². The summed E-state index contributed by atoms with van der Waals surface area (Å²) in [5, 5.41) is 8.01. The Morgan fingerprint density at radius 1 is 1.31 bits per heavy atom.